The fourth-order valence-electron chi connectivity index (χ4n) is 4.90. The number of pyridine rings is 1. The van der Waals surface area contributed by atoms with Crippen molar-refractivity contribution in [1.82, 2.24) is 34.3 Å². The Morgan fingerprint density at radius 2 is 1.69 bits per heavy atom. The largest absolute Gasteiger partial charge is 0.420 e. The van der Waals surface area contributed by atoms with Gasteiger partial charge < -0.3 is 4.74 Å². The van der Waals surface area contributed by atoms with Gasteiger partial charge in [-0.25, -0.2) is 19.2 Å². The third-order valence-corrected chi connectivity index (χ3v) is 6.49. The van der Waals surface area contributed by atoms with Gasteiger partial charge in [0.15, 0.2) is 11.5 Å². The lowest BCUT2D eigenvalue weighted by atomic mass is 9.85. The molecule has 0 bridgehead atoms. The lowest BCUT2D eigenvalue weighted by Gasteiger charge is -2.26. The van der Waals surface area contributed by atoms with Gasteiger partial charge in [0.1, 0.15) is 6.33 Å². The molecule has 1 unspecified atom stereocenters. The third-order valence-electron chi connectivity index (χ3n) is 6.49. The molecular formula is C28H21N7O. The SMILES string of the molecule is Cc1nn(-c2ccccc2)c2c1C(c1cccnc1)c1c(ncn3nc(Cc4ccccc4)nc13)O2. The molecule has 0 aliphatic carbocycles. The number of nitrogens with zero attached hydrogens (tertiary/aromatic N) is 7. The third kappa shape index (κ3) is 3.26. The van der Waals surface area contributed by atoms with Crippen molar-refractivity contribution in [2.45, 2.75) is 19.3 Å². The second-order valence-electron chi connectivity index (χ2n) is 8.80. The van der Waals surface area contributed by atoms with Crippen LogP contribution in [0.1, 0.15) is 39.7 Å². The Morgan fingerprint density at radius 3 is 2.47 bits per heavy atom. The van der Waals surface area contributed by atoms with Crippen LogP contribution in [-0.2, 0) is 6.42 Å². The summed E-state index contributed by atoms with van der Waals surface area (Å²) in [5.74, 6) is 1.67. The van der Waals surface area contributed by atoms with Crippen LogP contribution in [0.2, 0.25) is 0 Å². The Kier molecular flexibility index (Phi) is 4.63. The Balaban J connectivity index is 1.44. The van der Waals surface area contributed by atoms with Crippen LogP contribution in [0, 0.1) is 6.92 Å². The first-order valence-electron chi connectivity index (χ1n) is 11.8. The summed E-state index contributed by atoms with van der Waals surface area (Å²) in [4.78, 5) is 14.0. The zero-order chi connectivity index (χ0) is 24.1. The Labute approximate surface area is 206 Å². The molecule has 0 N–H and O–H groups in total. The summed E-state index contributed by atoms with van der Waals surface area (Å²) >= 11 is 0. The molecule has 0 fully saturated rings. The van der Waals surface area contributed by atoms with Crippen LogP contribution in [0.4, 0.5) is 0 Å². The van der Waals surface area contributed by atoms with Gasteiger partial charge in [0, 0.05) is 18.8 Å². The van der Waals surface area contributed by atoms with Crippen molar-refractivity contribution in [1.29, 1.82) is 0 Å². The summed E-state index contributed by atoms with van der Waals surface area (Å²) in [7, 11) is 0. The molecular weight excluding hydrogens is 450 g/mol. The molecule has 8 heteroatoms. The van der Waals surface area contributed by atoms with Gasteiger partial charge in [-0.15, -0.1) is 5.10 Å². The molecule has 174 valence electrons. The summed E-state index contributed by atoms with van der Waals surface area (Å²) in [6.45, 7) is 2.01. The summed E-state index contributed by atoms with van der Waals surface area (Å²) in [5, 5.41) is 9.59. The van der Waals surface area contributed by atoms with Crippen molar-refractivity contribution in [2.75, 3.05) is 0 Å². The predicted molar refractivity (Wildman–Crippen MR) is 134 cm³/mol. The van der Waals surface area contributed by atoms with Crippen molar-refractivity contribution in [3.05, 3.63) is 125 Å². The summed E-state index contributed by atoms with van der Waals surface area (Å²) in [6.07, 6.45) is 5.95. The van der Waals surface area contributed by atoms with Gasteiger partial charge in [0.05, 0.1) is 28.4 Å². The standard InChI is InChI=1S/C28H21N7O/c1-18-23-24(20-11-8-14-29-16-20)25-26-31-22(15-19-9-4-2-5-10-19)33-34(26)17-30-27(25)36-28(23)35(32-18)21-12-6-3-7-13-21/h2-14,16-17,24H,15H2,1H3. The highest BCUT2D eigenvalue weighted by molar-refractivity contribution is 5.66. The number of hydrogen-bond acceptors (Lipinski definition) is 6. The van der Waals surface area contributed by atoms with Gasteiger partial charge in [-0.3, -0.25) is 4.98 Å². The molecule has 0 radical (unpaired) electrons. The van der Waals surface area contributed by atoms with Gasteiger partial charge in [-0.1, -0.05) is 54.6 Å². The monoisotopic (exact) mass is 471 g/mol. The Hall–Kier alpha value is -4.85. The highest BCUT2D eigenvalue weighted by atomic mass is 16.5. The van der Waals surface area contributed by atoms with Crippen molar-refractivity contribution in [3.8, 4) is 17.4 Å². The summed E-state index contributed by atoms with van der Waals surface area (Å²) in [6, 6.07) is 24.2. The minimum Gasteiger partial charge on any atom is -0.420 e. The molecule has 1 atom stereocenters. The quantitative estimate of drug-likeness (QED) is 0.364. The lowest BCUT2D eigenvalue weighted by molar-refractivity contribution is 0.402. The van der Waals surface area contributed by atoms with E-state index in [1.54, 1.807) is 17.0 Å². The molecule has 5 heterocycles. The van der Waals surface area contributed by atoms with E-state index in [2.05, 4.69) is 28.2 Å². The van der Waals surface area contributed by atoms with Crippen LogP contribution < -0.4 is 4.74 Å². The number of hydrogen-bond donors (Lipinski definition) is 0. The molecule has 6 aromatic rings. The zero-order valence-electron chi connectivity index (χ0n) is 19.5. The van der Waals surface area contributed by atoms with Crippen molar-refractivity contribution >= 4 is 5.65 Å². The maximum absolute atomic E-state index is 6.46. The van der Waals surface area contributed by atoms with E-state index in [1.165, 1.54) is 0 Å². The van der Waals surface area contributed by atoms with E-state index in [0.29, 0.717) is 18.2 Å². The van der Waals surface area contributed by atoms with Gasteiger partial charge in [-0.2, -0.15) is 5.10 Å². The molecule has 4 aromatic heterocycles. The maximum atomic E-state index is 6.46. The van der Waals surface area contributed by atoms with Gasteiger partial charge in [0.2, 0.25) is 11.8 Å². The molecule has 2 aromatic carbocycles. The summed E-state index contributed by atoms with van der Waals surface area (Å²) in [5.41, 5.74) is 6.52. The first-order chi connectivity index (χ1) is 17.8. The fourth-order valence-corrected chi connectivity index (χ4v) is 4.90. The van der Waals surface area contributed by atoms with Gasteiger partial charge in [-0.05, 0) is 36.2 Å². The van der Waals surface area contributed by atoms with Crippen molar-refractivity contribution < 1.29 is 4.74 Å². The van der Waals surface area contributed by atoms with Crippen LogP contribution in [0.25, 0.3) is 11.3 Å². The molecule has 0 amide bonds. The second-order valence-corrected chi connectivity index (χ2v) is 8.80. The lowest BCUT2D eigenvalue weighted by Crippen LogP contribution is -2.16. The van der Waals surface area contributed by atoms with Crippen molar-refractivity contribution in [2.24, 2.45) is 0 Å². The van der Waals surface area contributed by atoms with Crippen LogP contribution in [-0.4, -0.2) is 34.3 Å². The number of benzene rings is 2. The fraction of sp³-hybridized carbons (Fsp3) is 0.107. The maximum Gasteiger partial charge on any atom is 0.230 e. The topological polar surface area (TPSA) is 83.0 Å². The zero-order valence-corrected chi connectivity index (χ0v) is 19.5. The minimum atomic E-state index is -0.208. The average Bonchev–Trinajstić information content (AvgIpc) is 3.49. The van der Waals surface area contributed by atoms with E-state index in [4.69, 9.17) is 19.9 Å². The van der Waals surface area contributed by atoms with E-state index in [9.17, 15) is 0 Å². The molecule has 1 aliphatic heterocycles. The number of fused-ring (bicyclic) bond motifs is 4. The van der Waals surface area contributed by atoms with E-state index >= 15 is 0 Å². The predicted octanol–water partition coefficient (Wildman–Crippen LogP) is 4.89. The Bertz CT molecular complexity index is 1690. The smallest absolute Gasteiger partial charge is 0.230 e. The molecule has 0 saturated carbocycles. The van der Waals surface area contributed by atoms with Crippen LogP contribution in [0.3, 0.4) is 0 Å². The van der Waals surface area contributed by atoms with E-state index < -0.39 is 0 Å². The first kappa shape index (κ1) is 20.5. The number of rotatable bonds is 4. The van der Waals surface area contributed by atoms with E-state index in [-0.39, 0.29) is 5.92 Å². The highest BCUT2D eigenvalue weighted by Gasteiger charge is 2.38. The molecule has 0 spiro atoms. The number of ether oxygens (including phenoxy) is 1. The second kappa shape index (κ2) is 8.13. The molecule has 0 saturated heterocycles. The molecule has 8 nitrogen and oxygen atoms in total. The van der Waals surface area contributed by atoms with Crippen molar-refractivity contribution in [3.63, 3.8) is 0 Å². The molecule has 7 rings (SSSR count). The number of aromatic nitrogens is 7. The molecule has 1 aliphatic rings. The van der Waals surface area contributed by atoms with E-state index in [0.717, 1.165) is 45.1 Å². The van der Waals surface area contributed by atoms with Gasteiger partial charge in [0.25, 0.3) is 0 Å². The Morgan fingerprint density at radius 1 is 0.889 bits per heavy atom. The van der Waals surface area contributed by atoms with E-state index in [1.807, 2.05) is 72.4 Å². The molecule has 36 heavy (non-hydrogen) atoms. The normalized spacial score (nSPS) is 14.3. The average molecular weight is 472 g/mol. The number of aryl methyl sites for hydroxylation is 1. The first-order valence-corrected chi connectivity index (χ1v) is 11.8. The van der Waals surface area contributed by atoms with Gasteiger partial charge >= 0.3 is 0 Å². The highest BCUT2D eigenvalue weighted by Crippen LogP contribution is 2.49. The number of para-hydroxylation sites is 1. The van der Waals surface area contributed by atoms with Crippen LogP contribution in [0.5, 0.6) is 11.8 Å². The van der Waals surface area contributed by atoms with Crippen LogP contribution >= 0.6 is 0 Å². The summed E-state index contributed by atoms with van der Waals surface area (Å²) < 4.78 is 10.0. The van der Waals surface area contributed by atoms with Crippen LogP contribution in [0.15, 0.2) is 91.5 Å². The minimum absolute atomic E-state index is 0.208.